The highest BCUT2D eigenvalue weighted by Gasteiger charge is 2.30. The molecule has 0 spiro atoms. The summed E-state index contributed by atoms with van der Waals surface area (Å²) >= 11 is 5.43. The summed E-state index contributed by atoms with van der Waals surface area (Å²) in [5.41, 5.74) is 0. The monoisotopic (exact) mass is 301 g/mol. The highest BCUT2D eigenvalue weighted by molar-refractivity contribution is 9.11. The predicted molar refractivity (Wildman–Crippen MR) is 75.1 cm³/mol. The lowest BCUT2D eigenvalue weighted by atomic mass is 9.71. The van der Waals surface area contributed by atoms with Crippen molar-refractivity contribution in [2.45, 2.75) is 32.6 Å². The van der Waals surface area contributed by atoms with E-state index in [0.717, 1.165) is 11.8 Å². The summed E-state index contributed by atoms with van der Waals surface area (Å²) in [6.07, 6.45) is 5.38. The summed E-state index contributed by atoms with van der Waals surface area (Å²) in [5.74, 6) is 1.85. The van der Waals surface area contributed by atoms with Crippen molar-refractivity contribution in [3.8, 4) is 0 Å². The van der Waals surface area contributed by atoms with E-state index >= 15 is 0 Å². The average Bonchev–Trinajstić information content (AvgIpc) is 2.66. The molecule has 1 aromatic heterocycles. The summed E-state index contributed by atoms with van der Waals surface area (Å²) in [4.78, 5) is 1.54. The van der Waals surface area contributed by atoms with E-state index in [4.69, 9.17) is 0 Å². The van der Waals surface area contributed by atoms with Crippen molar-refractivity contribution >= 4 is 27.3 Å². The van der Waals surface area contributed by atoms with Crippen molar-refractivity contribution in [1.82, 2.24) is 5.32 Å². The van der Waals surface area contributed by atoms with Gasteiger partial charge in [-0.1, -0.05) is 6.92 Å². The van der Waals surface area contributed by atoms with Gasteiger partial charge in [0.2, 0.25) is 0 Å². The van der Waals surface area contributed by atoms with Gasteiger partial charge in [-0.2, -0.15) is 0 Å². The number of hydrogen-bond donors (Lipinski definition) is 1. The average molecular weight is 302 g/mol. The van der Waals surface area contributed by atoms with E-state index in [-0.39, 0.29) is 0 Å². The Hall–Kier alpha value is 0.140. The molecule has 90 valence electrons. The predicted octanol–water partition coefficient (Wildman–Crippen LogP) is 4.08. The first-order valence-electron chi connectivity index (χ1n) is 6.24. The molecule has 0 aromatic carbocycles. The first-order valence-corrected chi connectivity index (χ1v) is 7.85. The van der Waals surface area contributed by atoms with Crippen molar-refractivity contribution < 1.29 is 0 Å². The van der Waals surface area contributed by atoms with E-state index in [2.05, 4.69) is 40.3 Å². The van der Waals surface area contributed by atoms with Crippen LogP contribution < -0.4 is 5.32 Å². The fourth-order valence-corrected chi connectivity index (χ4v) is 3.94. The van der Waals surface area contributed by atoms with Crippen LogP contribution in [0.25, 0.3) is 0 Å². The maximum atomic E-state index is 3.55. The first kappa shape index (κ1) is 12.6. The van der Waals surface area contributed by atoms with Crippen LogP contribution in [0.1, 0.15) is 31.1 Å². The minimum absolute atomic E-state index is 0.924. The van der Waals surface area contributed by atoms with Crippen LogP contribution in [-0.2, 0) is 6.42 Å². The minimum Gasteiger partial charge on any atom is -0.316 e. The number of thiophene rings is 1. The van der Waals surface area contributed by atoms with Crippen LogP contribution in [0.5, 0.6) is 0 Å². The number of rotatable bonds is 6. The Labute approximate surface area is 111 Å². The largest absolute Gasteiger partial charge is 0.316 e. The van der Waals surface area contributed by atoms with E-state index < -0.39 is 0 Å². The molecular weight excluding hydrogens is 282 g/mol. The third-order valence-corrected chi connectivity index (χ3v) is 5.15. The smallest absolute Gasteiger partial charge is 0.0701 e. The molecule has 0 amide bonds. The van der Waals surface area contributed by atoms with Crippen molar-refractivity contribution in [3.63, 3.8) is 0 Å². The van der Waals surface area contributed by atoms with Crippen molar-refractivity contribution in [2.24, 2.45) is 11.8 Å². The van der Waals surface area contributed by atoms with Gasteiger partial charge in [0.25, 0.3) is 0 Å². The molecule has 2 atom stereocenters. The molecule has 1 aliphatic carbocycles. The second kappa shape index (κ2) is 6.18. The molecule has 2 rings (SSSR count). The molecule has 1 N–H and O–H groups in total. The van der Waals surface area contributed by atoms with Gasteiger partial charge in [-0.15, -0.1) is 11.3 Å². The van der Waals surface area contributed by atoms with Crippen LogP contribution in [-0.4, -0.2) is 13.1 Å². The van der Waals surface area contributed by atoms with Crippen LogP contribution >= 0.6 is 27.3 Å². The molecule has 1 saturated carbocycles. The lowest BCUT2D eigenvalue weighted by Gasteiger charge is -2.36. The van der Waals surface area contributed by atoms with Crippen LogP contribution in [0.4, 0.5) is 0 Å². The second-order valence-corrected chi connectivity index (χ2v) is 7.26. The normalized spacial score (nSPS) is 24.4. The first-order chi connectivity index (χ1) is 7.79. The van der Waals surface area contributed by atoms with Crippen LogP contribution in [0, 0.1) is 11.8 Å². The quantitative estimate of drug-likeness (QED) is 0.781. The zero-order chi connectivity index (χ0) is 11.4. The van der Waals surface area contributed by atoms with Crippen LogP contribution in [0.15, 0.2) is 15.9 Å². The molecule has 0 radical (unpaired) electrons. The van der Waals surface area contributed by atoms with Gasteiger partial charge < -0.3 is 5.32 Å². The number of halogens is 1. The highest BCUT2D eigenvalue weighted by Crippen LogP contribution is 2.38. The third-order valence-electron chi connectivity index (χ3n) is 3.50. The fourth-order valence-electron chi connectivity index (χ4n) is 2.36. The van der Waals surface area contributed by atoms with Gasteiger partial charge in [0.1, 0.15) is 0 Å². The summed E-state index contributed by atoms with van der Waals surface area (Å²) in [6, 6.07) is 4.44. The summed E-state index contributed by atoms with van der Waals surface area (Å²) < 4.78 is 1.27. The maximum Gasteiger partial charge on any atom is 0.0701 e. The molecule has 0 saturated heterocycles. The van der Waals surface area contributed by atoms with Gasteiger partial charge >= 0.3 is 0 Å². The van der Waals surface area contributed by atoms with E-state index in [1.165, 1.54) is 47.4 Å². The molecule has 1 aromatic rings. The van der Waals surface area contributed by atoms with E-state index in [9.17, 15) is 0 Å². The van der Waals surface area contributed by atoms with Gasteiger partial charge in [0.15, 0.2) is 0 Å². The molecule has 1 fully saturated rings. The number of nitrogens with one attached hydrogen (secondary N) is 1. The number of hydrogen-bond acceptors (Lipinski definition) is 2. The Balaban J connectivity index is 1.74. The molecule has 3 heteroatoms. The lowest BCUT2D eigenvalue weighted by Crippen LogP contribution is -2.36. The molecule has 1 aliphatic rings. The fraction of sp³-hybridized carbons (Fsp3) is 0.692. The van der Waals surface area contributed by atoms with Gasteiger partial charge in [-0.05, 0) is 78.7 Å². The summed E-state index contributed by atoms with van der Waals surface area (Å²) in [6.45, 7) is 4.63. The van der Waals surface area contributed by atoms with E-state index in [1.807, 2.05) is 11.3 Å². The van der Waals surface area contributed by atoms with E-state index in [1.54, 1.807) is 0 Å². The Kier molecular flexibility index (Phi) is 4.86. The SMILES string of the molecule is CCCNCC1CCC1Cc1ccc(Br)s1. The Morgan fingerprint density at radius 3 is 2.75 bits per heavy atom. The Bertz CT molecular complexity index is 323. The molecule has 0 bridgehead atoms. The van der Waals surface area contributed by atoms with Gasteiger partial charge in [-0.25, -0.2) is 0 Å². The minimum atomic E-state index is 0.924. The van der Waals surface area contributed by atoms with Gasteiger partial charge in [0, 0.05) is 4.88 Å². The molecule has 0 aliphatic heterocycles. The molecular formula is C13H20BrNS. The molecule has 2 unspecified atom stereocenters. The summed E-state index contributed by atoms with van der Waals surface area (Å²) in [5, 5.41) is 3.55. The third kappa shape index (κ3) is 3.31. The Morgan fingerprint density at radius 2 is 2.19 bits per heavy atom. The van der Waals surface area contributed by atoms with Crippen LogP contribution in [0.2, 0.25) is 0 Å². The molecule has 1 heterocycles. The highest BCUT2D eigenvalue weighted by atomic mass is 79.9. The van der Waals surface area contributed by atoms with Gasteiger partial charge in [0.05, 0.1) is 3.79 Å². The second-order valence-electron chi connectivity index (χ2n) is 4.71. The molecule has 1 nitrogen and oxygen atoms in total. The van der Waals surface area contributed by atoms with Crippen molar-refractivity contribution in [3.05, 3.63) is 20.8 Å². The van der Waals surface area contributed by atoms with Crippen LogP contribution in [0.3, 0.4) is 0 Å². The zero-order valence-corrected chi connectivity index (χ0v) is 12.2. The lowest BCUT2D eigenvalue weighted by molar-refractivity contribution is 0.172. The zero-order valence-electron chi connectivity index (χ0n) is 9.84. The topological polar surface area (TPSA) is 12.0 Å². The summed E-state index contributed by atoms with van der Waals surface area (Å²) in [7, 11) is 0. The standard InChI is InChI=1S/C13H20BrNS/c1-2-7-15-9-11-4-3-10(11)8-12-5-6-13(14)16-12/h5-6,10-11,15H,2-4,7-9H2,1H3. The van der Waals surface area contributed by atoms with Gasteiger partial charge in [-0.3, -0.25) is 0 Å². The molecule has 16 heavy (non-hydrogen) atoms. The van der Waals surface area contributed by atoms with Crippen molar-refractivity contribution in [2.75, 3.05) is 13.1 Å². The van der Waals surface area contributed by atoms with Crippen molar-refractivity contribution in [1.29, 1.82) is 0 Å². The Morgan fingerprint density at radius 1 is 1.38 bits per heavy atom. The van der Waals surface area contributed by atoms with E-state index in [0.29, 0.717) is 0 Å². The maximum absolute atomic E-state index is 3.55.